The number of hydrogen-bond donors (Lipinski definition) is 2. The fourth-order valence-corrected chi connectivity index (χ4v) is 2.21. The smallest absolute Gasteiger partial charge is 0.153 e. The minimum absolute atomic E-state index is 0.451. The highest BCUT2D eigenvalue weighted by Crippen LogP contribution is 2.36. The van der Waals surface area contributed by atoms with E-state index >= 15 is 0 Å². The summed E-state index contributed by atoms with van der Waals surface area (Å²) in [4.78, 5) is 0. The van der Waals surface area contributed by atoms with E-state index in [-0.39, 0.29) is 0 Å². The van der Waals surface area contributed by atoms with E-state index in [0.29, 0.717) is 5.82 Å². The molecule has 5 heteroatoms. The molecule has 0 aliphatic rings. The maximum absolute atomic E-state index is 6.00. The Hall–Kier alpha value is -2.69. The maximum atomic E-state index is 6.00. The van der Waals surface area contributed by atoms with Crippen molar-refractivity contribution in [2.75, 3.05) is 12.8 Å². The minimum Gasteiger partial charge on any atom is -0.497 e. The molecule has 5 nitrogen and oxygen atoms in total. The molecule has 0 saturated carbocycles. The lowest BCUT2D eigenvalue weighted by molar-refractivity contribution is 0.415. The zero-order chi connectivity index (χ0) is 14.1. The molecule has 20 heavy (non-hydrogen) atoms. The van der Waals surface area contributed by atoms with E-state index in [1.165, 1.54) is 0 Å². The molecule has 1 aromatic carbocycles. The maximum Gasteiger partial charge on any atom is 0.153 e. The normalized spacial score (nSPS) is 10.7. The highest BCUT2D eigenvalue weighted by Gasteiger charge is 2.16. The quantitative estimate of drug-likeness (QED) is 0.765. The summed E-state index contributed by atoms with van der Waals surface area (Å²) in [5.74, 6) is 2.06. The van der Waals surface area contributed by atoms with Crippen molar-refractivity contribution in [3.8, 4) is 28.1 Å². The summed E-state index contributed by atoms with van der Waals surface area (Å²) in [5, 5.41) is 7.07. The van der Waals surface area contributed by atoms with Crippen molar-refractivity contribution in [2.45, 2.75) is 6.92 Å². The molecule has 0 aliphatic heterocycles. The lowest BCUT2D eigenvalue weighted by Gasteiger charge is -2.05. The number of anilines is 1. The summed E-state index contributed by atoms with van der Waals surface area (Å²) >= 11 is 0. The van der Waals surface area contributed by atoms with E-state index in [1.807, 2.05) is 37.3 Å². The van der Waals surface area contributed by atoms with Crippen LogP contribution in [0.3, 0.4) is 0 Å². The fourth-order valence-electron chi connectivity index (χ4n) is 2.21. The molecule has 0 spiro atoms. The predicted molar refractivity (Wildman–Crippen MR) is 77.4 cm³/mol. The number of ether oxygens (including phenoxy) is 1. The number of nitrogens with one attached hydrogen (secondary N) is 1. The summed E-state index contributed by atoms with van der Waals surface area (Å²) in [6.45, 7) is 1.90. The van der Waals surface area contributed by atoms with Crippen LogP contribution in [-0.2, 0) is 0 Å². The molecule has 102 valence electrons. The number of aromatic amines is 1. The Bertz CT molecular complexity index is 743. The third kappa shape index (κ3) is 2.03. The van der Waals surface area contributed by atoms with Crippen LogP contribution in [0.2, 0.25) is 0 Å². The Labute approximate surface area is 116 Å². The van der Waals surface area contributed by atoms with E-state index in [9.17, 15) is 0 Å². The van der Waals surface area contributed by atoms with Gasteiger partial charge in [-0.15, -0.1) is 0 Å². The Morgan fingerprint density at radius 2 is 2.10 bits per heavy atom. The van der Waals surface area contributed by atoms with Gasteiger partial charge in [-0.1, -0.05) is 12.1 Å². The molecule has 0 aliphatic carbocycles. The van der Waals surface area contributed by atoms with Crippen LogP contribution in [0.1, 0.15) is 5.76 Å². The van der Waals surface area contributed by atoms with E-state index in [4.69, 9.17) is 14.9 Å². The van der Waals surface area contributed by atoms with Gasteiger partial charge < -0.3 is 14.9 Å². The Balaban J connectivity index is 2.15. The largest absolute Gasteiger partial charge is 0.497 e. The molecule has 0 fully saturated rings. The minimum atomic E-state index is 0.451. The first-order valence-electron chi connectivity index (χ1n) is 6.23. The molecule has 0 saturated heterocycles. The summed E-state index contributed by atoms with van der Waals surface area (Å²) < 4.78 is 10.6. The van der Waals surface area contributed by atoms with Crippen molar-refractivity contribution < 1.29 is 9.15 Å². The molecule has 0 atom stereocenters. The average molecular weight is 269 g/mol. The van der Waals surface area contributed by atoms with Gasteiger partial charge in [0.1, 0.15) is 17.8 Å². The highest BCUT2D eigenvalue weighted by atomic mass is 16.5. The molecule has 2 heterocycles. The van der Waals surface area contributed by atoms with Crippen LogP contribution in [0.5, 0.6) is 5.75 Å². The monoisotopic (exact) mass is 269 g/mol. The zero-order valence-electron chi connectivity index (χ0n) is 11.3. The third-order valence-electron chi connectivity index (χ3n) is 3.17. The van der Waals surface area contributed by atoms with Gasteiger partial charge in [0.2, 0.25) is 0 Å². The number of furan rings is 1. The summed E-state index contributed by atoms with van der Waals surface area (Å²) in [7, 11) is 1.64. The van der Waals surface area contributed by atoms with Crippen LogP contribution in [0.25, 0.3) is 22.4 Å². The highest BCUT2D eigenvalue weighted by molar-refractivity contribution is 5.88. The number of nitrogens with two attached hydrogens (primary N) is 1. The molecule has 0 radical (unpaired) electrons. The van der Waals surface area contributed by atoms with Crippen molar-refractivity contribution in [1.29, 1.82) is 0 Å². The molecule has 0 unspecified atom stereocenters. The summed E-state index contributed by atoms with van der Waals surface area (Å²) in [6.07, 6.45) is 1.69. The van der Waals surface area contributed by atoms with Crippen LogP contribution in [0.4, 0.5) is 5.82 Å². The van der Waals surface area contributed by atoms with Gasteiger partial charge >= 0.3 is 0 Å². The van der Waals surface area contributed by atoms with Gasteiger partial charge in [0, 0.05) is 5.56 Å². The first-order valence-corrected chi connectivity index (χ1v) is 6.23. The van der Waals surface area contributed by atoms with Crippen molar-refractivity contribution in [3.63, 3.8) is 0 Å². The number of nitrogens with zero attached hydrogens (tertiary/aromatic N) is 1. The molecular formula is C15H15N3O2. The van der Waals surface area contributed by atoms with Crippen molar-refractivity contribution >= 4 is 5.82 Å². The Kier molecular flexibility index (Phi) is 2.95. The van der Waals surface area contributed by atoms with Crippen LogP contribution in [0, 0.1) is 6.92 Å². The Morgan fingerprint density at radius 1 is 1.25 bits per heavy atom. The fraction of sp³-hybridized carbons (Fsp3) is 0.133. The second-order valence-corrected chi connectivity index (χ2v) is 4.54. The van der Waals surface area contributed by atoms with E-state index in [2.05, 4.69) is 10.2 Å². The number of benzene rings is 1. The van der Waals surface area contributed by atoms with Gasteiger partial charge in [-0.3, -0.25) is 5.10 Å². The van der Waals surface area contributed by atoms with Crippen LogP contribution >= 0.6 is 0 Å². The van der Waals surface area contributed by atoms with Gasteiger partial charge in [-0.05, 0) is 30.7 Å². The van der Waals surface area contributed by atoms with Gasteiger partial charge in [-0.2, -0.15) is 5.10 Å². The van der Waals surface area contributed by atoms with E-state index < -0.39 is 0 Å². The van der Waals surface area contributed by atoms with Crippen LogP contribution < -0.4 is 10.5 Å². The molecule has 3 aromatic rings. The number of nitrogen functional groups attached to an aromatic ring is 1. The van der Waals surface area contributed by atoms with Crippen molar-refractivity contribution in [2.24, 2.45) is 0 Å². The van der Waals surface area contributed by atoms with Crippen LogP contribution in [0.15, 0.2) is 41.0 Å². The van der Waals surface area contributed by atoms with Crippen molar-refractivity contribution in [3.05, 3.63) is 42.4 Å². The Morgan fingerprint density at radius 3 is 2.80 bits per heavy atom. The second kappa shape index (κ2) is 4.77. The topological polar surface area (TPSA) is 77.1 Å². The van der Waals surface area contributed by atoms with Gasteiger partial charge in [0.15, 0.2) is 5.82 Å². The van der Waals surface area contributed by atoms with E-state index in [1.54, 1.807) is 13.4 Å². The second-order valence-electron chi connectivity index (χ2n) is 4.54. The SMILES string of the molecule is COc1cccc(-c2c(N)n[nH]c2-c2coc(C)c2)c1. The summed E-state index contributed by atoms with van der Waals surface area (Å²) in [6, 6.07) is 9.65. The number of aromatic nitrogens is 2. The van der Waals surface area contributed by atoms with Gasteiger partial charge in [0.05, 0.1) is 18.4 Å². The number of hydrogen-bond acceptors (Lipinski definition) is 4. The lowest BCUT2D eigenvalue weighted by atomic mass is 10.0. The van der Waals surface area contributed by atoms with Gasteiger partial charge in [-0.25, -0.2) is 0 Å². The first kappa shape index (κ1) is 12.3. The lowest BCUT2D eigenvalue weighted by Crippen LogP contribution is -1.89. The molecular weight excluding hydrogens is 254 g/mol. The number of rotatable bonds is 3. The zero-order valence-corrected chi connectivity index (χ0v) is 11.3. The van der Waals surface area contributed by atoms with Gasteiger partial charge in [0.25, 0.3) is 0 Å². The van der Waals surface area contributed by atoms with E-state index in [0.717, 1.165) is 33.9 Å². The average Bonchev–Trinajstić information content (AvgIpc) is 3.05. The number of H-pyrrole nitrogens is 1. The molecule has 0 amide bonds. The molecule has 3 rings (SSSR count). The number of aryl methyl sites for hydroxylation is 1. The standard InChI is InChI=1S/C15H15N3O2/c1-9-6-11(8-20-9)14-13(15(16)18-17-14)10-4-3-5-12(7-10)19-2/h3-8H,1-2H3,(H3,16,17,18). The molecule has 0 bridgehead atoms. The molecule has 3 N–H and O–H groups in total. The molecule has 2 aromatic heterocycles. The summed E-state index contributed by atoms with van der Waals surface area (Å²) in [5.41, 5.74) is 9.56. The number of methoxy groups -OCH3 is 1. The van der Waals surface area contributed by atoms with Crippen LogP contribution in [-0.4, -0.2) is 17.3 Å². The third-order valence-corrected chi connectivity index (χ3v) is 3.17. The first-order chi connectivity index (χ1) is 9.69. The predicted octanol–water partition coefficient (Wildman–Crippen LogP) is 3.24. The van der Waals surface area contributed by atoms with Crippen molar-refractivity contribution in [1.82, 2.24) is 10.2 Å².